The van der Waals surface area contributed by atoms with Gasteiger partial charge in [-0.25, -0.2) is 0 Å². The van der Waals surface area contributed by atoms with Gasteiger partial charge in [0.25, 0.3) is 0 Å². The fourth-order valence-electron chi connectivity index (χ4n) is 3.94. The Bertz CT molecular complexity index is 894. The number of morpholine rings is 1. The maximum atomic E-state index is 9.42. The van der Waals surface area contributed by atoms with Crippen LogP contribution in [0, 0.1) is 11.3 Å². The second kappa shape index (κ2) is 8.75. The third kappa shape index (κ3) is 3.94. The Labute approximate surface area is 165 Å². The van der Waals surface area contributed by atoms with Gasteiger partial charge in [-0.1, -0.05) is 24.3 Å². The molecule has 0 unspecified atom stereocenters. The van der Waals surface area contributed by atoms with E-state index in [0.29, 0.717) is 18.8 Å². The fraction of sp³-hybridized carbons (Fsp3) is 0.261. The van der Waals surface area contributed by atoms with Crippen LogP contribution in [0.25, 0.3) is 0 Å². The molecule has 28 heavy (non-hydrogen) atoms. The molecule has 0 aliphatic carbocycles. The molecule has 0 bridgehead atoms. The van der Waals surface area contributed by atoms with Crippen LogP contribution in [0.3, 0.4) is 0 Å². The first kappa shape index (κ1) is 18.3. The Kier molecular flexibility index (Phi) is 5.72. The minimum Gasteiger partial charge on any atom is -0.379 e. The first-order chi connectivity index (χ1) is 13.9. The van der Waals surface area contributed by atoms with Gasteiger partial charge in [-0.3, -0.25) is 14.9 Å². The van der Waals surface area contributed by atoms with Crippen molar-refractivity contribution >= 4 is 0 Å². The van der Waals surface area contributed by atoms with Crippen molar-refractivity contribution in [2.75, 3.05) is 26.3 Å². The van der Waals surface area contributed by atoms with Crippen molar-refractivity contribution in [3.63, 3.8) is 0 Å². The summed E-state index contributed by atoms with van der Waals surface area (Å²) in [6.07, 6.45) is 7.45. The zero-order chi connectivity index (χ0) is 19.2. The molecule has 0 N–H and O–H groups in total. The highest BCUT2D eigenvalue weighted by molar-refractivity contribution is 5.40. The van der Waals surface area contributed by atoms with Crippen molar-refractivity contribution in [2.24, 2.45) is 0 Å². The normalized spacial score (nSPS) is 15.9. The lowest BCUT2D eigenvalue weighted by Crippen LogP contribution is -2.41. The summed E-state index contributed by atoms with van der Waals surface area (Å²) in [6.45, 7) is 3.11. The predicted molar refractivity (Wildman–Crippen MR) is 107 cm³/mol. The number of rotatable bonds is 5. The molecule has 140 valence electrons. The molecule has 1 atom stereocenters. The molecule has 5 heteroatoms. The number of nitriles is 1. The van der Waals surface area contributed by atoms with Gasteiger partial charge in [0.15, 0.2) is 0 Å². The highest BCUT2D eigenvalue weighted by Gasteiger charge is 2.33. The fourth-order valence-corrected chi connectivity index (χ4v) is 3.94. The van der Waals surface area contributed by atoms with Crippen molar-refractivity contribution < 1.29 is 4.74 Å². The van der Waals surface area contributed by atoms with E-state index in [1.165, 1.54) is 0 Å². The summed E-state index contributed by atoms with van der Waals surface area (Å²) in [7, 11) is 0. The van der Waals surface area contributed by atoms with E-state index >= 15 is 0 Å². The van der Waals surface area contributed by atoms with E-state index in [-0.39, 0.29) is 12.0 Å². The van der Waals surface area contributed by atoms with Crippen molar-refractivity contribution in [2.45, 2.75) is 12.0 Å². The van der Waals surface area contributed by atoms with Crippen molar-refractivity contribution in [3.05, 3.63) is 95.6 Å². The van der Waals surface area contributed by atoms with Gasteiger partial charge in [-0.05, 0) is 41.0 Å². The van der Waals surface area contributed by atoms with Gasteiger partial charge in [0.1, 0.15) is 0 Å². The van der Waals surface area contributed by atoms with Crippen LogP contribution in [0.15, 0.2) is 73.3 Å². The monoisotopic (exact) mass is 370 g/mol. The molecule has 3 heterocycles. The van der Waals surface area contributed by atoms with Crippen LogP contribution in [-0.4, -0.2) is 41.2 Å². The van der Waals surface area contributed by atoms with E-state index in [2.05, 4.69) is 39.1 Å². The average Bonchev–Trinajstić information content (AvgIpc) is 2.79. The molecule has 2 aromatic heterocycles. The molecule has 1 aromatic carbocycles. The Balaban J connectivity index is 1.86. The van der Waals surface area contributed by atoms with Crippen LogP contribution in [0.5, 0.6) is 0 Å². The van der Waals surface area contributed by atoms with Gasteiger partial charge in [-0.2, -0.15) is 5.26 Å². The van der Waals surface area contributed by atoms with E-state index in [1.807, 2.05) is 42.7 Å². The van der Waals surface area contributed by atoms with Crippen molar-refractivity contribution in [1.29, 1.82) is 5.26 Å². The number of benzene rings is 1. The molecule has 1 aliphatic heterocycles. The summed E-state index contributed by atoms with van der Waals surface area (Å²) in [5, 5.41) is 9.42. The molecular weight excluding hydrogens is 348 g/mol. The quantitative estimate of drug-likeness (QED) is 0.687. The second-order valence-electron chi connectivity index (χ2n) is 6.88. The van der Waals surface area contributed by atoms with Gasteiger partial charge in [-0.15, -0.1) is 0 Å². The molecule has 1 saturated heterocycles. The van der Waals surface area contributed by atoms with Gasteiger partial charge in [0.05, 0.1) is 24.8 Å². The first-order valence-electron chi connectivity index (χ1n) is 9.48. The SMILES string of the molecule is N#Cc1cccc([C@H](C(c2cccnc2)c2cccnc2)N2CCOCC2)c1. The van der Waals surface area contributed by atoms with Crippen LogP contribution in [0.4, 0.5) is 0 Å². The van der Waals surface area contributed by atoms with E-state index in [9.17, 15) is 5.26 Å². The number of ether oxygens (including phenoxy) is 1. The standard InChI is InChI=1S/C23H22N4O/c24-15-18-4-1-5-19(14-18)23(27-10-12-28-13-11-27)22(20-6-2-8-25-16-20)21-7-3-9-26-17-21/h1-9,14,16-17,22-23H,10-13H2/t23-/m1/s1. The molecule has 0 amide bonds. The number of hydrogen-bond acceptors (Lipinski definition) is 5. The molecule has 1 fully saturated rings. The highest BCUT2D eigenvalue weighted by atomic mass is 16.5. The van der Waals surface area contributed by atoms with Gasteiger partial charge >= 0.3 is 0 Å². The lowest BCUT2D eigenvalue weighted by Gasteiger charge is -2.39. The Morgan fingerprint density at radius 2 is 1.54 bits per heavy atom. The topological polar surface area (TPSA) is 62.0 Å². The maximum absolute atomic E-state index is 9.42. The van der Waals surface area contributed by atoms with Crippen LogP contribution < -0.4 is 0 Å². The van der Waals surface area contributed by atoms with E-state index < -0.39 is 0 Å². The molecule has 4 rings (SSSR count). The smallest absolute Gasteiger partial charge is 0.0991 e. The molecule has 1 aliphatic rings. The lowest BCUT2D eigenvalue weighted by molar-refractivity contribution is 0.0124. The third-order valence-corrected chi connectivity index (χ3v) is 5.20. The van der Waals surface area contributed by atoms with Crippen molar-refractivity contribution in [1.82, 2.24) is 14.9 Å². The van der Waals surface area contributed by atoms with Gasteiger partial charge in [0.2, 0.25) is 0 Å². The number of aromatic nitrogens is 2. The molecular formula is C23H22N4O. The Hall–Kier alpha value is -3.07. The average molecular weight is 370 g/mol. The molecule has 3 aromatic rings. The van der Waals surface area contributed by atoms with Gasteiger partial charge in [0, 0.05) is 49.8 Å². The van der Waals surface area contributed by atoms with Crippen LogP contribution in [-0.2, 0) is 4.74 Å². The summed E-state index contributed by atoms with van der Waals surface area (Å²) < 4.78 is 5.60. The van der Waals surface area contributed by atoms with Crippen LogP contribution in [0.1, 0.15) is 34.2 Å². The largest absolute Gasteiger partial charge is 0.379 e. The summed E-state index contributed by atoms with van der Waals surface area (Å²) in [5.74, 6) is 0.0504. The summed E-state index contributed by atoms with van der Waals surface area (Å²) in [4.78, 5) is 11.2. The van der Waals surface area contributed by atoms with E-state index in [4.69, 9.17) is 4.74 Å². The Morgan fingerprint density at radius 3 is 2.11 bits per heavy atom. The Morgan fingerprint density at radius 1 is 0.893 bits per heavy atom. The minimum absolute atomic E-state index is 0.0504. The zero-order valence-electron chi connectivity index (χ0n) is 15.6. The number of hydrogen-bond donors (Lipinski definition) is 0. The zero-order valence-corrected chi connectivity index (χ0v) is 15.6. The summed E-state index contributed by atoms with van der Waals surface area (Å²) >= 11 is 0. The lowest BCUT2D eigenvalue weighted by atomic mass is 9.81. The van der Waals surface area contributed by atoms with Crippen LogP contribution >= 0.6 is 0 Å². The summed E-state index contributed by atoms with van der Waals surface area (Å²) in [6, 6.07) is 18.4. The van der Waals surface area contributed by atoms with Gasteiger partial charge < -0.3 is 4.74 Å². The molecule has 5 nitrogen and oxygen atoms in total. The third-order valence-electron chi connectivity index (χ3n) is 5.20. The predicted octanol–water partition coefficient (Wildman–Crippen LogP) is 3.55. The van der Waals surface area contributed by atoms with E-state index in [1.54, 1.807) is 12.4 Å². The number of pyridine rings is 2. The minimum atomic E-state index is 0.0504. The van der Waals surface area contributed by atoms with E-state index in [0.717, 1.165) is 29.8 Å². The molecule has 0 spiro atoms. The number of nitrogens with zero attached hydrogens (tertiary/aromatic N) is 4. The summed E-state index contributed by atoms with van der Waals surface area (Å²) in [5.41, 5.74) is 4.06. The highest BCUT2D eigenvalue weighted by Crippen LogP contribution is 2.40. The molecule has 0 saturated carbocycles. The maximum Gasteiger partial charge on any atom is 0.0991 e. The molecule has 0 radical (unpaired) electrons. The van der Waals surface area contributed by atoms with Crippen molar-refractivity contribution in [3.8, 4) is 6.07 Å². The van der Waals surface area contributed by atoms with Crippen LogP contribution in [0.2, 0.25) is 0 Å². The first-order valence-corrected chi connectivity index (χ1v) is 9.48. The second-order valence-corrected chi connectivity index (χ2v) is 6.88.